The average Bonchev–Trinajstić information content (AvgIpc) is 2.34. The van der Waals surface area contributed by atoms with Crippen molar-refractivity contribution in [3.05, 3.63) is 34.3 Å². The normalized spacial score (nSPS) is 17.4. The Bertz CT molecular complexity index is 331. The minimum atomic E-state index is -0.318. The Morgan fingerprint density at radius 1 is 1.17 bits per heavy atom. The maximum atomic E-state index is 13.2. The third kappa shape index (κ3) is 4.67. The van der Waals surface area contributed by atoms with Crippen LogP contribution >= 0.6 is 40.7 Å². The number of nitrogens with one attached hydrogen (secondary N) is 1. The fourth-order valence-corrected chi connectivity index (χ4v) is 2.34. The van der Waals surface area contributed by atoms with Gasteiger partial charge in [0.05, 0.1) is 6.04 Å². The van der Waals surface area contributed by atoms with Crippen molar-refractivity contribution in [2.45, 2.75) is 6.04 Å². The predicted octanol–water partition coefficient (Wildman–Crippen LogP) is 3.21. The molecule has 0 saturated carbocycles. The molecule has 1 aliphatic heterocycles. The lowest BCUT2D eigenvalue weighted by atomic mass is 10.1. The Morgan fingerprint density at radius 2 is 1.72 bits per heavy atom. The van der Waals surface area contributed by atoms with Gasteiger partial charge in [0.1, 0.15) is 6.67 Å². The highest BCUT2D eigenvalue weighted by molar-refractivity contribution is 9.10. The number of nitrogens with zero attached hydrogens (tertiary/aromatic N) is 1. The van der Waals surface area contributed by atoms with Crippen LogP contribution in [0.25, 0.3) is 0 Å². The van der Waals surface area contributed by atoms with Gasteiger partial charge in [0.25, 0.3) is 0 Å². The molecule has 0 unspecified atom stereocenters. The van der Waals surface area contributed by atoms with Crippen LogP contribution in [0.15, 0.2) is 28.7 Å². The molecule has 0 aliphatic carbocycles. The Hall–Kier alpha value is 0.130. The molecule has 0 radical (unpaired) electrons. The molecule has 1 atom stereocenters. The van der Waals surface area contributed by atoms with Crippen LogP contribution in [-0.2, 0) is 0 Å². The molecule has 0 amide bonds. The standard InChI is InChI=1S/C12H16BrFN2.2ClH/c13-11-3-1-10(2-4-11)12(9-14)16-7-5-15-6-8-16;;/h1-4,12,15H,5-9H2;2*1H/t12-;;/m1../s1. The van der Waals surface area contributed by atoms with Crippen LogP contribution in [0.1, 0.15) is 11.6 Å². The summed E-state index contributed by atoms with van der Waals surface area (Å²) >= 11 is 3.40. The van der Waals surface area contributed by atoms with E-state index in [-0.39, 0.29) is 37.5 Å². The molecule has 0 bridgehead atoms. The highest BCUT2D eigenvalue weighted by Crippen LogP contribution is 2.23. The van der Waals surface area contributed by atoms with Crippen molar-refractivity contribution in [2.24, 2.45) is 0 Å². The van der Waals surface area contributed by atoms with Crippen LogP contribution in [-0.4, -0.2) is 37.8 Å². The summed E-state index contributed by atoms with van der Waals surface area (Å²) in [5.74, 6) is 0. The highest BCUT2D eigenvalue weighted by Gasteiger charge is 2.21. The van der Waals surface area contributed by atoms with Crippen molar-refractivity contribution in [2.75, 3.05) is 32.9 Å². The van der Waals surface area contributed by atoms with E-state index in [1.807, 2.05) is 24.3 Å². The maximum absolute atomic E-state index is 13.2. The average molecular weight is 360 g/mol. The zero-order valence-electron chi connectivity index (χ0n) is 9.94. The van der Waals surface area contributed by atoms with Gasteiger partial charge >= 0.3 is 0 Å². The van der Waals surface area contributed by atoms with Gasteiger partial charge in [-0.15, -0.1) is 24.8 Å². The molecular formula is C12H18BrCl2FN2. The first-order valence-electron chi connectivity index (χ1n) is 5.57. The van der Waals surface area contributed by atoms with E-state index in [4.69, 9.17) is 0 Å². The monoisotopic (exact) mass is 358 g/mol. The van der Waals surface area contributed by atoms with E-state index in [1.54, 1.807) is 0 Å². The second kappa shape index (κ2) is 9.10. The van der Waals surface area contributed by atoms with Gasteiger partial charge in [-0.2, -0.15) is 0 Å². The predicted molar refractivity (Wildman–Crippen MR) is 81.8 cm³/mol. The van der Waals surface area contributed by atoms with Crippen molar-refractivity contribution >= 4 is 40.7 Å². The maximum Gasteiger partial charge on any atom is 0.109 e. The molecule has 1 N–H and O–H groups in total. The number of hydrogen-bond acceptors (Lipinski definition) is 2. The number of rotatable bonds is 3. The lowest BCUT2D eigenvalue weighted by Gasteiger charge is -2.33. The molecule has 104 valence electrons. The second-order valence-corrected chi connectivity index (χ2v) is 4.92. The summed E-state index contributed by atoms with van der Waals surface area (Å²) in [4.78, 5) is 2.21. The van der Waals surface area contributed by atoms with Crippen molar-refractivity contribution in [1.29, 1.82) is 0 Å². The summed E-state index contributed by atoms with van der Waals surface area (Å²) < 4.78 is 14.2. The zero-order valence-corrected chi connectivity index (χ0v) is 13.2. The minimum absolute atomic E-state index is 0. The van der Waals surface area contributed by atoms with Gasteiger partial charge in [-0.25, -0.2) is 4.39 Å². The topological polar surface area (TPSA) is 15.3 Å². The van der Waals surface area contributed by atoms with E-state index in [0.717, 1.165) is 36.2 Å². The van der Waals surface area contributed by atoms with Crippen LogP contribution in [0.4, 0.5) is 4.39 Å². The largest absolute Gasteiger partial charge is 0.314 e. The summed E-state index contributed by atoms with van der Waals surface area (Å²) in [5, 5.41) is 3.28. The lowest BCUT2D eigenvalue weighted by Crippen LogP contribution is -2.45. The first-order chi connectivity index (χ1) is 7.81. The van der Waals surface area contributed by atoms with Gasteiger partial charge in [-0.05, 0) is 17.7 Å². The van der Waals surface area contributed by atoms with Crippen molar-refractivity contribution in [3.8, 4) is 0 Å². The Kier molecular flexibility index (Phi) is 9.17. The van der Waals surface area contributed by atoms with E-state index < -0.39 is 0 Å². The zero-order chi connectivity index (χ0) is 11.4. The fraction of sp³-hybridized carbons (Fsp3) is 0.500. The van der Waals surface area contributed by atoms with Gasteiger partial charge < -0.3 is 5.32 Å². The van der Waals surface area contributed by atoms with Crippen LogP contribution in [0.5, 0.6) is 0 Å². The summed E-state index contributed by atoms with van der Waals surface area (Å²) in [5.41, 5.74) is 1.06. The van der Waals surface area contributed by atoms with Gasteiger partial charge in [-0.1, -0.05) is 28.1 Å². The molecule has 2 nitrogen and oxygen atoms in total. The highest BCUT2D eigenvalue weighted by atomic mass is 79.9. The minimum Gasteiger partial charge on any atom is -0.314 e. The van der Waals surface area contributed by atoms with Crippen LogP contribution < -0.4 is 5.32 Å². The number of alkyl halides is 1. The molecule has 0 spiro atoms. The molecular weight excluding hydrogens is 342 g/mol. The van der Waals surface area contributed by atoms with Gasteiger partial charge in [0, 0.05) is 30.7 Å². The summed E-state index contributed by atoms with van der Waals surface area (Å²) in [6.07, 6.45) is 0. The van der Waals surface area contributed by atoms with E-state index in [1.165, 1.54) is 0 Å². The van der Waals surface area contributed by atoms with Gasteiger partial charge in [0.2, 0.25) is 0 Å². The Labute approximate surface area is 128 Å². The molecule has 1 heterocycles. The quantitative estimate of drug-likeness (QED) is 0.891. The third-order valence-electron chi connectivity index (χ3n) is 2.99. The second-order valence-electron chi connectivity index (χ2n) is 4.01. The van der Waals surface area contributed by atoms with Crippen molar-refractivity contribution in [1.82, 2.24) is 10.2 Å². The van der Waals surface area contributed by atoms with Gasteiger partial charge in [0.15, 0.2) is 0 Å². The third-order valence-corrected chi connectivity index (χ3v) is 3.52. The molecule has 1 aliphatic rings. The number of halogens is 4. The number of benzene rings is 1. The van der Waals surface area contributed by atoms with Crippen LogP contribution in [0.2, 0.25) is 0 Å². The van der Waals surface area contributed by atoms with Crippen LogP contribution in [0, 0.1) is 0 Å². The molecule has 1 saturated heterocycles. The first-order valence-corrected chi connectivity index (χ1v) is 6.37. The number of hydrogen-bond donors (Lipinski definition) is 1. The lowest BCUT2D eigenvalue weighted by molar-refractivity contribution is 0.147. The van der Waals surface area contributed by atoms with Crippen LogP contribution in [0.3, 0.4) is 0 Å². The SMILES string of the molecule is Cl.Cl.FC[C@H](c1ccc(Br)cc1)N1CCNCC1. The molecule has 1 fully saturated rings. The molecule has 6 heteroatoms. The van der Waals surface area contributed by atoms with Gasteiger partial charge in [-0.3, -0.25) is 4.90 Å². The molecule has 1 aromatic rings. The Morgan fingerprint density at radius 3 is 2.22 bits per heavy atom. The van der Waals surface area contributed by atoms with Crippen molar-refractivity contribution < 1.29 is 4.39 Å². The van der Waals surface area contributed by atoms with E-state index in [9.17, 15) is 4.39 Å². The van der Waals surface area contributed by atoms with Crippen molar-refractivity contribution in [3.63, 3.8) is 0 Å². The molecule has 18 heavy (non-hydrogen) atoms. The van der Waals surface area contributed by atoms with E-state index in [2.05, 4.69) is 26.1 Å². The van der Waals surface area contributed by atoms with E-state index >= 15 is 0 Å². The van der Waals surface area contributed by atoms with E-state index in [0.29, 0.717) is 0 Å². The first kappa shape index (κ1) is 18.1. The Balaban J connectivity index is 0.00000144. The molecule has 0 aromatic heterocycles. The summed E-state index contributed by atoms with van der Waals surface area (Å²) in [6, 6.07) is 7.85. The molecule has 1 aromatic carbocycles. The fourth-order valence-electron chi connectivity index (χ4n) is 2.08. The summed E-state index contributed by atoms with van der Waals surface area (Å²) in [7, 11) is 0. The number of piperazine rings is 1. The molecule has 2 rings (SSSR count). The smallest absolute Gasteiger partial charge is 0.109 e. The summed E-state index contributed by atoms with van der Waals surface area (Å²) in [6.45, 7) is 3.43.